The standard InChI is InChI=1S/C10H20O3Si/c1-5-10(11-2)8-6-7-9-14(10,12-3)13-4/h5H,1,6-9H2,2-4H3. The first-order valence-corrected chi connectivity index (χ1v) is 7.01. The van der Waals surface area contributed by atoms with Crippen LogP contribution in [-0.2, 0) is 13.6 Å². The molecule has 0 aromatic carbocycles. The fourth-order valence-corrected chi connectivity index (χ4v) is 5.96. The molecule has 1 fully saturated rings. The molecule has 4 heteroatoms. The lowest BCUT2D eigenvalue weighted by Crippen LogP contribution is -2.63. The number of hydrogen-bond donors (Lipinski definition) is 0. The zero-order chi connectivity index (χ0) is 10.7. The summed E-state index contributed by atoms with van der Waals surface area (Å²) in [5.74, 6) is 0. The number of hydrogen-bond acceptors (Lipinski definition) is 3. The molecule has 1 rings (SSSR count). The van der Waals surface area contributed by atoms with Gasteiger partial charge in [-0.15, -0.1) is 6.58 Å². The summed E-state index contributed by atoms with van der Waals surface area (Å²) in [5.41, 5.74) is 0. The first-order valence-electron chi connectivity index (χ1n) is 4.99. The van der Waals surface area contributed by atoms with Crippen LogP contribution in [0.15, 0.2) is 12.7 Å². The predicted molar refractivity (Wildman–Crippen MR) is 58.4 cm³/mol. The van der Waals surface area contributed by atoms with Crippen LogP contribution in [-0.4, -0.2) is 35.1 Å². The van der Waals surface area contributed by atoms with E-state index in [0.717, 1.165) is 25.3 Å². The Morgan fingerprint density at radius 1 is 1.21 bits per heavy atom. The highest BCUT2D eigenvalue weighted by Gasteiger charge is 2.57. The maximum absolute atomic E-state index is 5.65. The highest BCUT2D eigenvalue weighted by atomic mass is 28.4. The van der Waals surface area contributed by atoms with Crippen LogP contribution in [0.4, 0.5) is 0 Å². The van der Waals surface area contributed by atoms with Crippen LogP contribution in [0.25, 0.3) is 0 Å². The normalized spacial score (nSPS) is 31.4. The predicted octanol–water partition coefficient (Wildman–Crippen LogP) is 2.02. The quantitative estimate of drug-likeness (QED) is 0.531. The molecule has 0 radical (unpaired) electrons. The van der Waals surface area contributed by atoms with Crippen LogP contribution in [0.1, 0.15) is 19.3 Å². The molecule has 1 unspecified atom stereocenters. The number of methoxy groups -OCH3 is 1. The minimum atomic E-state index is -2.25. The van der Waals surface area contributed by atoms with E-state index in [1.165, 1.54) is 0 Å². The van der Waals surface area contributed by atoms with E-state index in [1.807, 2.05) is 6.08 Å². The summed E-state index contributed by atoms with van der Waals surface area (Å²) in [6, 6.07) is 0.986. The van der Waals surface area contributed by atoms with Gasteiger partial charge in [-0.25, -0.2) is 0 Å². The molecule has 0 aromatic rings. The molecule has 0 spiro atoms. The Morgan fingerprint density at radius 3 is 2.21 bits per heavy atom. The molecule has 82 valence electrons. The SMILES string of the molecule is C=CC1(OC)CCCC[Si]1(OC)OC. The summed E-state index contributed by atoms with van der Waals surface area (Å²) >= 11 is 0. The lowest BCUT2D eigenvalue weighted by atomic mass is 10.1. The zero-order valence-corrected chi connectivity index (χ0v) is 10.3. The first kappa shape index (κ1) is 11.9. The highest BCUT2D eigenvalue weighted by molar-refractivity contribution is 6.71. The molecule has 1 atom stereocenters. The van der Waals surface area contributed by atoms with Crippen LogP contribution in [0.3, 0.4) is 0 Å². The van der Waals surface area contributed by atoms with Crippen LogP contribution in [0, 0.1) is 0 Å². The van der Waals surface area contributed by atoms with Crippen molar-refractivity contribution in [1.82, 2.24) is 0 Å². The monoisotopic (exact) mass is 216 g/mol. The molecule has 0 saturated carbocycles. The topological polar surface area (TPSA) is 27.7 Å². The van der Waals surface area contributed by atoms with Crippen molar-refractivity contribution in [3.8, 4) is 0 Å². The van der Waals surface area contributed by atoms with Gasteiger partial charge in [0.05, 0.1) is 0 Å². The molecule has 14 heavy (non-hydrogen) atoms. The maximum atomic E-state index is 5.65. The van der Waals surface area contributed by atoms with Crippen molar-refractivity contribution in [2.45, 2.75) is 30.5 Å². The second kappa shape index (κ2) is 4.57. The van der Waals surface area contributed by atoms with E-state index in [4.69, 9.17) is 13.6 Å². The van der Waals surface area contributed by atoms with Crippen LogP contribution >= 0.6 is 0 Å². The van der Waals surface area contributed by atoms with Gasteiger partial charge < -0.3 is 13.6 Å². The first-order chi connectivity index (χ1) is 6.70. The van der Waals surface area contributed by atoms with Crippen molar-refractivity contribution in [1.29, 1.82) is 0 Å². The Bertz CT molecular complexity index is 204. The maximum Gasteiger partial charge on any atom is 0.374 e. The minimum Gasteiger partial charge on any atom is -0.396 e. The van der Waals surface area contributed by atoms with Gasteiger partial charge in [0.1, 0.15) is 5.22 Å². The molecule has 3 nitrogen and oxygen atoms in total. The second-order valence-corrected chi connectivity index (χ2v) is 7.33. The van der Waals surface area contributed by atoms with E-state index in [0.29, 0.717) is 0 Å². The number of rotatable bonds is 4. The molecular weight excluding hydrogens is 196 g/mol. The van der Waals surface area contributed by atoms with E-state index >= 15 is 0 Å². The van der Waals surface area contributed by atoms with E-state index in [2.05, 4.69) is 6.58 Å². The average molecular weight is 216 g/mol. The summed E-state index contributed by atoms with van der Waals surface area (Å²) in [4.78, 5) is 0. The second-order valence-electron chi connectivity index (χ2n) is 3.67. The Morgan fingerprint density at radius 2 is 1.86 bits per heavy atom. The van der Waals surface area contributed by atoms with Gasteiger partial charge in [0.25, 0.3) is 0 Å². The fraction of sp³-hybridized carbons (Fsp3) is 0.800. The molecule has 1 aliphatic rings. The third-order valence-electron chi connectivity index (χ3n) is 3.30. The largest absolute Gasteiger partial charge is 0.396 e. The van der Waals surface area contributed by atoms with Gasteiger partial charge in [-0.2, -0.15) is 0 Å². The lowest BCUT2D eigenvalue weighted by molar-refractivity contribution is 0.0261. The van der Waals surface area contributed by atoms with Crippen LogP contribution in [0.5, 0.6) is 0 Å². The van der Waals surface area contributed by atoms with Crippen molar-refractivity contribution in [3.05, 3.63) is 12.7 Å². The summed E-state index contributed by atoms with van der Waals surface area (Å²) < 4.78 is 16.9. The van der Waals surface area contributed by atoms with Crippen molar-refractivity contribution in [3.63, 3.8) is 0 Å². The Labute approximate surface area is 87.3 Å². The molecule has 0 bridgehead atoms. The third-order valence-corrected chi connectivity index (χ3v) is 7.58. The van der Waals surface area contributed by atoms with Gasteiger partial charge in [-0.3, -0.25) is 0 Å². The van der Waals surface area contributed by atoms with Gasteiger partial charge >= 0.3 is 8.56 Å². The van der Waals surface area contributed by atoms with Crippen molar-refractivity contribution >= 4 is 8.56 Å². The van der Waals surface area contributed by atoms with Gasteiger partial charge in [-0.05, 0) is 12.5 Å². The molecule has 0 aromatic heterocycles. The molecule has 0 amide bonds. The van der Waals surface area contributed by atoms with Crippen molar-refractivity contribution < 1.29 is 13.6 Å². The Hall–Kier alpha value is -0.163. The van der Waals surface area contributed by atoms with Crippen molar-refractivity contribution in [2.24, 2.45) is 0 Å². The molecule has 1 heterocycles. The number of ether oxygens (including phenoxy) is 1. The zero-order valence-electron chi connectivity index (χ0n) is 9.34. The minimum absolute atomic E-state index is 0.366. The van der Waals surface area contributed by atoms with Gasteiger partial charge in [-0.1, -0.05) is 18.9 Å². The van der Waals surface area contributed by atoms with Crippen molar-refractivity contribution in [2.75, 3.05) is 21.3 Å². The summed E-state index contributed by atoms with van der Waals surface area (Å²) in [7, 11) is 2.91. The van der Waals surface area contributed by atoms with E-state index in [-0.39, 0.29) is 5.22 Å². The van der Waals surface area contributed by atoms with Gasteiger partial charge in [0.2, 0.25) is 0 Å². The Kier molecular flexibility index (Phi) is 3.89. The van der Waals surface area contributed by atoms with Gasteiger partial charge in [0, 0.05) is 21.3 Å². The molecule has 1 saturated heterocycles. The highest BCUT2D eigenvalue weighted by Crippen LogP contribution is 2.40. The Balaban J connectivity index is 3.02. The van der Waals surface area contributed by atoms with Crippen LogP contribution in [0.2, 0.25) is 6.04 Å². The summed E-state index contributed by atoms with van der Waals surface area (Å²) in [6.45, 7) is 3.87. The van der Waals surface area contributed by atoms with Gasteiger partial charge in [0.15, 0.2) is 0 Å². The molecular formula is C10H20O3Si. The van der Waals surface area contributed by atoms with Crippen LogP contribution < -0.4 is 0 Å². The smallest absolute Gasteiger partial charge is 0.374 e. The fourth-order valence-electron chi connectivity index (χ4n) is 2.38. The lowest BCUT2D eigenvalue weighted by Gasteiger charge is -2.45. The van der Waals surface area contributed by atoms with E-state index in [1.54, 1.807) is 21.3 Å². The third kappa shape index (κ3) is 1.56. The van der Waals surface area contributed by atoms with E-state index in [9.17, 15) is 0 Å². The average Bonchev–Trinajstić information content (AvgIpc) is 2.28. The summed E-state index contributed by atoms with van der Waals surface area (Å²) in [5, 5.41) is -0.366. The molecule has 0 N–H and O–H groups in total. The van der Waals surface area contributed by atoms with E-state index < -0.39 is 8.56 Å². The molecule has 0 aliphatic carbocycles. The molecule has 1 aliphatic heterocycles. The summed E-state index contributed by atoms with van der Waals surface area (Å²) in [6.07, 6.45) is 5.14.